The van der Waals surface area contributed by atoms with E-state index < -0.39 is 5.97 Å². The van der Waals surface area contributed by atoms with E-state index in [0.717, 1.165) is 11.3 Å². The first-order valence-electron chi connectivity index (χ1n) is 9.12. The summed E-state index contributed by atoms with van der Waals surface area (Å²) in [4.78, 5) is 16.3. The van der Waals surface area contributed by atoms with Gasteiger partial charge in [0.05, 0.1) is 18.4 Å². The lowest BCUT2D eigenvalue weighted by Crippen LogP contribution is -2.08. The van der Waals surface area contributed by atoms with Gasteiger partial charge in [-0.15, -0.1) is 0 Å². The van der Waals surface area contributed by atoms with Gasteiger partial charge in [-0.2, -0.15) is 0 Å². The predicted octanol–water partition coefficient (Wildman–Crippen LogP) is 4.91. The van der Waals surface area contributed by atoms with Gasteiger partial charge >= 0.3 is 5.97 Å². The number of para-hydroxylation sites is 1. The van der Waals surface area contributed by atoms with Crippen LogP contribution in [0.5, 0.6) is 17.4 Å². The summed E-state index contributed by atoms with van der Waals surface area (Å²) in [5, 5.41) is 9.53. The van der Waals surface area contributed by atoms with Crippen LogP contribution < -0.4 is 9.47 Å². The summed E-state index contributed by atoms with van der Waals surface area (Å²) in [6.45, 7) is 2.26. The first-order chi connectivity index (χ1) is 14.2. The molecule has 0 radical (unpaired) electrons. The minimum Gasteiger partial charge on any atom is -0.515 e. The summed E-state index contributed by atoms with van der Waals surface area (Å²) in [7, 11) is 0. The zero-order valence-corrected chi connectivity index (χ0v) is 15.9. The number of benzene rings is 2. The third-order valence-corrected chi connectivity index (χ3v) is 3.95. The molecule has 2 aromatic carbocycles. The van der Waals surface area contributed by atoms with Gasteiger partial charge in [0.15, 0.2) is 0 Å². The Hall–Kier alpha value is -3.80. The number of aliphatic hydroxyl groups excluding tert-OH is 1. The zero-order chi connectivity index (χ0) is 20.5. The zero-order valence-electron chi connectivity index (χ0n) is 15.9. The standard InChI is InChI=1S/C23H21NO5/c1-2-27-23(26)21(15-25)20-12-7-13-24-22(20)29-19-11-6-8-17(14-19)16-28-18-9-4-3-5-10-18/h3-15,25H,2,16H2,1H3. The number of hydrogen-bond acceptors (Lipinski definition) is 6. The van der Waals surface area contributed by atoms with Crippen LogP contribution in [0.1, 0.15) is 18.1 Å². The molecule has 0 aliphatic rings. The van der Waals surface area contributed by atoms with Crippen LogP contribution in [0.2, 0.25) is 0 Å². The number of aromatic nitrogens is 1. The van der Waals surface area contributed by atoms with E-state index >= 15 is 0 Å². The minimum absolute atomic E-state index is 0.0292. The second kappa shape index (κ2) is 9.94. The SMILES string of the molecule is CCOC(=O)C(=CO)c1cccnc1Oc1cccc(COc2ccccc2)c1. The van der Waals surface area contributed by atoms with Crippen LogP contribution in [-0.4, -0.2) is 22.7 Å². The van der Waals surface area contributed by atoms with Crippen molar-refractivity contribution in [1.82, 2.24) is 4.98 Å². The van der Waals surface area contributed by atoms with Crippen LogP contribution in [-0.2, 0) is 16.1 Å². The molecule has 1 heterocycles. The molecule has 0 amide bonds. The average molecular weight is 391 g/mol. The molecule has 148 valence electrons. The number of esters is 1. The van der Waals surface area contributed by atoms with Gasteiger partial charge < -0.3 is 19.3 Å². The fourth-order valence-electron chi connectivity index (χ4n) is 2.61. The second-order valence-corrected chi connectivity index (χ2v) is 5.97. The van der Waals surface area contributed by atoms with Gasteiger partial charge in [0.2, 0.25) is 5.88 Å². The fourth-order valence-corrected chi connectivity index (χ4v) is 2.61. The number of aliphatic hydroxyl groups is 1. The van der Waals surface area contributed by atoms with E-state index in [4.69, 9.17) is 14.2 Å². The minimum atomic E-state index is -0.655. The van der Waals surface area contributed by atoms with Gasteiger partial charge in [-0.3, -0.25) is 0 Å². The summed E-state index contributed by atoms with van der Waals surface area (Å²) in [5.74, 6) is 0.832. The number of nitrogens with zero attached hydrogens (tertiary/aromatic N) is 1. The van der Waals surface area contributed by atoms with Gasteiger partial charge in [-0.05, 0) is 48.9 Å². The van der Waals surface area contributed by atoms with E-state index in [1.165, 1.54) is 0 Å². The van der Waals surface area contributed by atoms with E-state index in [1.54, 1.807) is 31.3 Å². The third kappa shape index (κ3) is 5.35. The van der Waals surface area contributed by atoms with Crippen molar-refractivity contribution in [2.45, 2.75) is 13.5 Å². The molecule has 0 spiro atoms. The van der Waals surface area contributed by atoms with Crippen LogP contribution in [0.15, 0.2) is 79.2 Å². The molecule has 6 heteroatoms. The summed E-state index contributed by atoms with van der Waals surface area (Å²) < 4.78 is 16.6. The number of carbonyl (C=O) groups is 1. The lowest BCUT2D eigenvalue weighted by Gasteiger charge is -2.12. The highest BCUT2D eigenvalue weighted by atomic mass is 16.5. The van der Waals surface area contributed by atoms with Crippen molar-refractivity contribution in [2.24, 2.45) is 0 Å². The monoisotopic (exact) mass is 391 g/mol. The maximum Gasteiger partial charge on any atom is 0.342 e. The number of pyridine rings is 1. The number of ether oxygens (including phenoxy) is 3. The molecule has 0 aliphatic heterocycles. The van der Waals surface area contributed by atoms with E-state index in [9.17, 15) is 9.90 Å². The maximum absolute atomic E-state index is 12.1. The van der Waals surface area contributed by atoms with E-state index in [-0.39, 0.29) is 18.1 Å². The quantitative estimate of drug-likeness (QED) is 0.334. The van der Waals surface area contributed by atoms with Gasteiger partial charge in [0.25, 0.3) is 0 Å². The van der Waals surface area contributed by atoms with Crippen molar-refractivity contribution in [3.05, 3.63) is 90.3 Å². The van der Waals surface area contributed by atoms with Crippen molar-refractivity contribution < 1.29 is 24.1 Å². The molecular weight excluding hydrogens is 370 g/mol. The number of hydrogen-bond donors (Lipinski definition) is 1. The molecule has 0 saturated heterocycles. The summed E-state index contributed by atoms with van der Waals surface area (Å²) in [6, 6.07) is 20.2. The third-order valence-electron chi connectivity index (χ3n) is 3.95. The highest BCUT2D eigenvalue weighted by molar-refractivity contribution is 6.16. The molecule has 0 unspecified atom stereocenters. The summed E-state index contributed by atoms with van der Waals surface area (Å²) >= 11 is 0. The normalized spacial score (nSPS) is 11.0. The van der Waals surface area contributed by atoms with Gasteiger partial charge in [-0.25, -0.2) is 9.78 Å². The molecule has 1 N–H and O–H groups in total. The summed E-state index contributed by atoms with van der Waals surface area (Å²) in [5.41, 5.74) is 1.21. The maximum atomic E-state index is 12.1. The van der Waals surface area contributed by atoms with Crippen molar-refractivity contribution in [1.29, 1.82) is 0 Å². The Kier molecular flexibility index (Phi) is 6.84. The first-order valence-corrected chi connectivity index (χ1v) is 9.12. The number of carbonyl (C=O) groups excluding carboxylic acids is 1. The average Bonchev–Trinajstić information content (AvgIpc) is 2.75. The van der Waals surface area contributed by atoms with Gasteiger partial charge in [0, 0.05) is 6.20 Å². The molecule has 0 atom stereocenters. The van der Waals surface area contributed by atoms with Gasteiger partial charge in [0.1, 0.15) is 23.7 Å². The van der Waals surface area contributed by atoms with Crippen LogP contribution >= 0.6 is 0 Å². The molecule has 0 fully saturated rings. The fraction of sp³-hybridized carbons (Fsp3) is 0.130. The Bertz CT molecular complexity index is 985. The highest BCUT2D eigenvalue weighted by Gasteiger charge is 2.19. The van der Waals surface area contributed by atoms with Crippen molar-refractivity contribution in [3.8, 4) is 17.4 Å². The van der Waals surface area contributed by atoms with Crippen molar-refractivity contribution in [3.63, 3.8) is 0 Å². The van der Waals surface area contributed by atoms with Crippen LogP contribution in [0.3, 0.4) is 0 Å². The first kappa shape index (κ1) is 19.9. The Morgan fingerprint density at radius 1 is 1.03 bits per heavy atom. The molecule has 0 saturated carbocycles. The highest BCUT2D eigenvalue weighted by Crippen LogP contribution is 2.29. The van der Waals surface area contributed by atoms with E-state index in [0.29, 0.717) is 24.2 Å². The lowest BCUT2D eigenvalue weighted by atomic mass is 10.1. The molecule has 0 bridgehead atoms. The molecule has 29 heavy (non-hydrogen) atoms. The van der Waals surface area contributed by atoms with Crippen molar-refractivity contribution >= 4 is 11.5 Å². The smallest absolute Gasteiger partial charge is 0.342 e. The largest absolute Gasteiger partial charge is 0.515 e. The second-order valence-electron chi connectivity index (χ2n) is 5.97. The van der Waals surface area contributed by atoms with Crippen LogP contribution in [0.25, 0.3) is 5.57 Å². The summed E-state index contributed by atoms with van der Waals surface area (Å²) in [6.07, 6.45) is 2.24. The number of rotatable bonds is 8. The predicted molar refractivity (Wildman–Crippen MR) is 109 cm³/mol. The van der Waals surface area contributed by atoms with Crippen LogP contribution in [0.4, 0.5) is 0 Å². The van der Waals surface area contributed by atoms with E-state index in [2.05, 4.69) is 4.98 Å². The molecule has 3 rings (SSSR count). The molecule has 0 aliphatic carbocycles. The van der Waals surface area contributed by atoms with Crippen LogP contribution in [0, 0.1) is 0 Å². The lowest BCUT2D eigenvalue weighted by molar-refractivity contribution is -0.136. The van der Waals surface area contributed by atoms with Crippen molar-refractivity contribution in [2.75, 3.05) is 6.61 Å². The molecule has 3 aromatic rings. The van der Waals surface area contributed by atoms with Gasteiger partial charge in [-0.1, -0.05) is 30.3 Å². The topological polar surface area (TPSA) is 77.9 Å². The Balaban J connectivity index is 1.78. The van der Waals surface area contributed by atoms with E-state index in [1.807, 2.05) is 48.5 Å². The Labute approximate surface area is 169 Å². The molecular formula is C23H21NO5. The molecule has 6 nitrogen and oxygen atoms in total. The Morgan fingerprint density at radius 3 is 2.59 bits per heavy atom. The Morgan fingerprint density at radius 2 is 1.83 bits per heavy atom. The molecule has 1 aromatic heterocycles.